The van der Waals surface area contributed by atoms with E-state index in [9.17, 15) is 8.78 Å². The number of piperidine rings is 1. The number of benzene rings is 1. The third-order valence-corrected chi connectivity index (χ3v) is 3.32. The summed E-state index contributed by atoms with van der Waals surface area (Å²) in [5, 5.41) is 8.74. The molecule has 1 fully saturated rings. The Bertz CT molecular complexity index is 414. The second-order valence-corrected chi connectivity index (χ2v) is 4.83. The fraction of sp³-hybridized carbons (Fsp3) is 0.571. The Morgan fingerprint density at radius 3 is 2.95 bits per heavy atom. The molecule has 1 aliphatic rings. The molecule has 1 heterocycles. The maximum atomic E-state index is 13.6. The van der Waals surface area contributed by atoms with E-state index in [0.29, 0.717) is 18.7 Å². The summed E-state index contributed by atoms with van der Waals surface area (Å²) in [5.41, 5.74) is 0.504. The molecule has 0 radical (unpaired) electrons. The summed E-state index contributed by atoms with van der Waals surface area (Å²) in [5.74, 6) is -1.05. The Kier molecular flexibility index (Phi) is 5.24. The van der Waals surface area contributed by atoms with Gasteiger partial charge in [-0.3, -0.25) is 4.90 Å². The first kappa shape index (κ1) is 14.4. The summed E-state index contributed by atoms with van der Waals surface area (Å²) in [7, 11) is 0. The minimum atomic E-state index is -0.552. The van der Waals surface area contributed by atoms with Crippen LogP contribution in [0.2, 0.25) is 0 Å². The first-order valence-electron chi connectivity index (χ1n) is 6.58. The maximum Gasteiger partial charge on any atom is 0.130 e. The monoisotopic (exact) mass is 271 g/mol. The zero-order valence-corrected chi connectivity index (χ0v) is 10.8. The Morgan fingerprint density at radius 1 is 1.37 bits per heavy atom. The highest BCUT2D eigenvalue weighted by Crippen LogP contribution is 2.18. The third-order valence-electron chi connectivity index (χ3n) is 3.32. The van der Waals surface area contributed by atoms with E-state index in [1.165, 1.54) is 12.1 Å². The van der Waals surface area contributed by atoms with Crippen LogP contribution in [0.15, 0.2) is 18.2 Å². The number of hydrogen-bond acceptors (Lipinski definition) is 3. The van der Waals surface area contributed by atoms with Gasteiger partial charge in [0.1, 0.15) is 11.6 Å². The summed E-state index contributed by atoms with van der Waals surface area (Å²) in [6, 6.07) is 3.68. The molecule has 5 heteroatoms. The number of rotatable bonds is 5. The lowest BCUT2D eigenvalue weighted by Gasteiger charge is -2.32. The molecule has 0 aliphatic carbocycles. The lowest BCUT2D eigenvalue weighted by molar-refractivity contribution is -0.0165. The summed E-state index contributed by atoms with van der Waals surface area (Å²) in [6.45, 7) is 2.42. The predicted octanol–water partition coefficient (Wildman–Crippen LogP) is 1.94. The fourth-order valence-electron chi connectivity index (χ4n) is 2.40. The van der Waals surface area contributed by atoms with Crippen LogP contribution in [0.3, 0.4) is 0 Å². The molecule has 1 aliphatic heterocycles. The van der Waals surface area contributed by atoms with Gasteiger partial charge in [-0.05, 0) is 25.5 Å². The van der Waals surface area contributed by atoms with Gasteiger partial charge in [0.05, 0.1) is 19.3 Å². The van der Waals surface area contributed by atoms with E-state index >= 15 is 0 Å². The van der Waals surface area contributed by atoms with Gasteiger partial charge >= 0.3 is 0 Å². The van der Waals surface area contributed by atoms with Gasteiger partial charge in [0.15, 0.2) is 0 Å². The van der Waals surface area contributed by atoms with Gasteiger partial charge in [-0.1, -0.05) is 6.07 Å². The SMILES string of the molecule is OCCO[C@@H]1CCCN(Cc2ccc(F)cc2F)C1. The van der Waals surface area contributed by atoms with Crippen molar-refractivity contribution in [1.82, 2.24) is 4.90 Å². The Balaban J connectivity index is 1.91. The van der Waals surface area contributed by atoms with Gasteiger partial charge in [-0.25, -0.2) is 8.78 Å². The highest BCUT2D eigenvalue weighted by molar-refractivity contribution is 5.18. The van der Waals surface area contributed by atoms with Crippen LogP contribution in [0.5, 0.6) is 0 Å². The van der Waals surface area contributed by atoms with Crippen molar-refractivity contribution in [3.05, 3.63) is 35.4 Å². The zero-order valence-electron chi connectivity index (χ0n) is 10.8. The van der Waals surface area contributed by atoms with E-state index in [2.05, 4.69) is 4.90 Å². The maximum absolute atomic E-state index is 13.6. The largest absolute Gasteiger partial charge is 0.394 e. The number of hydrogen-bond donors (Lipinski definition) is 1. The number of likely N-dealkylation sites (tertiary alicyclic amines) is 1. The number of aliphatic hydroxyl groups excluding tert-OH is 1. The van der Waals surface area contributed by atoms with Crippen LogP contribution in [0, 0.1) is 11.6 Å². The summed E-state index contributed by atoms with van der Waals surface area (Å²) >= 11 is 0. The topological polar surface area (TPSA) is 32.7 Å². The lowest BCUT2D eigenvalue weighted by Crippen LogP contribution is -2.39. The molecule has 1 aromatic rings. The number of ether oxygens (including phenoxy) is 1. The van der Waals surface area contributed by atoms with Crippen molar-refractivity contribution in [2.24, 2.45) is 0 Å². The summed E-state index contributed by atoms with van der Waals surface area (Å²) in [6.07, 6.45) is 2.03. The molecule has 2 rings (SSSR count). The molecule has 1 aromatic carbocycles. The molecule has 0 spiro atoms. The number of halogens is 2. The van der Waals surface area contributed by atoms with E-state index in [1.54, 1.807) is 0 Å². The molecule has 1 atom stereocenters. The molecule has 0 saturated carbocycles. The van der Waals surface area contributed by atoms with Crippen molar-refractivity contribution >= 4 is 0 Å². The first-order valence-corrected chi connectivity index (χ1v) is 6.58. The normalized spacial score (nSPS) is 20.7. The zero-order chi connectivity index (χ0) is 13.7. The predicted molar refractivity (Wildman–Crippen MR) is 67.7 cm³/mol. The van der Waals surface area contributed by atoms with E-state index in [1.807, 2.05) is 0 Å². The standard InChI is InChI=1S/C14H19F2NO2/c15-12-4-3-11(14(16)8-12)9-17-5-1-2-13(10-17)19-7-6-18/h3-4,8,13,18H,1-2,5-7,9-10H2/t13-/m1/s1. The Morgan fingerprint density at radius 2 is 2.21 bits per heavy atom. The van der Waals surface area contributed by atoms with Crippen molar-refractivity contribution in [3.63, 3.8) is 0 Å². The van der Waals surface area contributed by atoms with Crippen LogP contribution >= 0.6 is 0 Å². The average molecular weight is 271 g/mol. The van der Waals surface area contributed by atoms with Crippen LogP contribution in [0.1, 0.15) is 18.4 Å². The molecule has 19 heavy (non-hydrogen) atoms. The molecular formula is C14H19F2NO2. The molecule has 0 unspecified atom stereocenters. The van der Waals surface area contributed by atoms with Crippen molar-refractivity contribution in [2.45, 2.75) is 25.5 Å². The second-order valence-electron chi connectivity index (χ2n) is 4.83. The lowest BCUT2D eigenvalue weighted by atomic mass is 10.1. The minimum absolute atomic E-state index is 0.0170. The molecule has 3 nitrogen and oxygen atoms in total. The summed E-state index contributed by atoms with van der Waals surface area (Å²) < 4.78 is 31.9. The van der Waals surface area contributed by atoms with Crippen molar-refractivity contribution in [2.75, 3.05) is 26.3 Å². The van der Waals surface area contributed by atoms with Gasteiger partial charge in [-0.2, -0.15) is 0 Å². The average Bonchev–Trinajstić information content (AvgIpc) is 2.40. The highest BCUT2D eigenvalue weighted by atomic mass is 19.1. The highest BCUT2D eigenvalue weighted by Gasteiger charge is 2.21. The van der Waals surface area contributed by atoms with Crippen molar-refractivity contribution < 1.29 is 18.6 Å². The molecular weight excluding hydrogens is 252 g/mol. The van der Waals surface area contributed by atoms with Crippen LogP contribution in [0.4, 0.5) is 8.78 Å². The first-order chi connectivity index (χ1) is 9.19. The van der Waals surface area contributed by atoms with Gasteiger partial charge in [0.2, 0.25) is 0 Å². The van der Waals surface area contributed by atoms with E-state index < -0.39 is 11.6 Å². The number of aliphatic hydroxyl groups is 1. The van der Waals surface area contributed by atoms with Crippen LogP contribution in [-0.2, 0) is 11.3 Å². The molecule has 1 N–H and O–H groups in total. The van der Waals surface area contributed by atoms with Crippen molar-refractivity contribution in [1.29, 1.82) is 0 Å². The summed E-state index contributed by atoms with van der Waals surface area (Å²) in [4.78, 5) is 2.10. The van der Waals surface area contributed by atoms with Gasteiger partial charge in [0, 0.05) is 24.7 Å². The van der Waals surface area contributed by atoms with E-state index in [-0.39, 0.29) is 12.7 Å². The van der Waals surface area contributed by atoms with Crippen LogP contribution in [-0.4, -0.2) is 42.4 Å². The Hall–Kier alpha value is -1.04. The molecule has 0 amide bonds. The molecule has 106 valence electrons. The smallest absolute Gasteiger partial charge is 0.130 e. The van der Waals surface area contributed by atoms with Crippen molar-refractivity contribution in [3.8, 4) is 0 Å². The molecule has 0 aromatic heterocycles. The van der Waals surface area contributed by atoms with E-state index in [0.717, 1.165) is 32.0 Å². The quantitative estimate of drug-likeness (QED) is 0.888. The van der Waals surface area contributed by atoms with E-state index in [4.69, 9.17) is 9.84 Å². The van der Waals surface area contributed by atoms with Gasteiger partial charge in [-0.15, -0.1) is 0 Å². The third kappa shape index (κ3) is 4.23. The van der Waals surface area contributed by atoms with Crippen LogP contribution in [0.25, 0.3) is 0 Å². The minimum Gasteiger partial charge on any atom is -0.394 e. The van der Waals surface area contributed by atoms with Gasteiger partial charge < -0.3 is 9.84 Å². The number of nitrogens with zero attached hydrogens (tertiary/aromatic N) is 1. The Labute approximate surface area is 111 Å². The van der Waals surface area contributed by atoms with Crippen LogP contribution < -0.4 is 0 Å². The molecule has 0 bridgehead atoms. The second kappa shape index (κ2) is 6.93. The fourth-order valence-corrected chi connectivity index (χ4v) is 2.40. The van der Waals surface area contributed by atoms with Gasteiger partial charge in [0.25, 0.3) is 0 Å². The molecule has 1 saturated heterocycles.